The average Bonchev–Trinajstić information content (AvgIpc) is 3.25. The van der Waals surface area contributed by atoms with Crippen molar-refractivity contribution < 1.29 is 24.2 Å². The smallest absolute Gasteiger partial charge is 0.307 e. The van der Waals surface area contributed by atoms with Gasteiger partial charge in [-0.05, 0) is 61.4 Å². The van der Waals surface area contributed by atoms with Gasteiger partial charge in [0.25, 0.3) is 0 Å². The van der Waals surface area contributed by atoms with Crippen LogP contribution in [0.25, 0.3) is 6.08 Å². The molecule has 5 atom stereocenters. The molecule has 0 radical (unpaired) electrons. The lowest BCUT2D eigenvalue weighted by atomic mass is 9.51. The molecule has 1 spiro atoms. The Morgan fingerprint density at radius 2 is 2.03 bits per heavy atom. The Labute approximate surface area is 223 Å². The van der Waals surface area contributed by atoms with Crippen molar-refractivity contribution in [2.75, 3.05) is 20.1 Å². The summed E-state index contributed by atoms with van der Waals surface area (Å²) in [5.74, 6) is 1.14. The largest absolute Gasteiger partial charge is 0.504 e. The zero-order valence-corrected chi connectivity index (χ0v) is 21.9. The second-order valence-electron chi connectivity index (χ2n) is 11.1. The Balaban J connectivity index is 1.32. The van der Waals surface area contributed by atoms with Crippen LogP contribution in [0.15, 0.2) is 60.9 Å². The number of rotatable bonds is 6. The van der Waals surface area contributed by atoms with E-state index in [1.54, 1.807) is 12.1 Å². The number of likely N-dealkylation sites (N-methyl/N-ethyl adjacent to an activating group) is 1. The molecule has 1 saturated heterocycles. The van der Waals surface area contributed by atoms with E-state index in [1.165, 1.54) is 12.5 Å². The summed E-state index contributed by atoms with van der Waals surface area (Å²) in [5, 5.41) is 10.8. The van der Waals surface area contributed by atoms with Gasteiger partial charge < -0.3 is 19.5 Å². The van der Waals surface area contributed by atoms with Gasteiger partial charge in [0.05, 0.1) is 12.6 Å². The third kappa shape index (κ3) is 3.83. The number of benzene rings is 2. The van der Waals surface area contributed by atoms with Gasteiger partial charge in [-0.3, -0.25) is 14.5 Å². The van der Waals surface area contributed by atoms with Gasteiger partial charge in [-0.1, -0.05) is 43.0 Å². The summed E-state index contributed by atoms with van der Waals surface area (Å²) in [6.07, 6.45) is 6.70. The maximum Gasteiger partial charge on any atom is 0.307 e. The summed E-state index contributed by atoms with van der Waals surface area (Å²) in [5.41, 5.74) is 3.05. The fourth-order valence-electron chi connectivity index (χ4n) is 7.67. The summed E-state index contributed by atoms with van der Waals surface area (Å²) in [6, 6.07) is 13.7. The number of phenolic OH excluding ortho intramolecular Hbond substituents is 1. The van der Waals surface area contributed by atoms with E-state index in [-0.39, 0.29) is 41.2 Å². The van der Waals surface area contributed by atoms with Crippen LogP contribution in [0.1, 0.15) is 42.9 Å². The van der Waals surface area contributed by atoms with Gasteiger partial charge in [-0.15, -0.1) is 0 Å². The lowest BCUT2D eigenvalue weighted by Crippen LogP contribution is -2.69. The van der Waals surface area contributed by atoms with Crippen LogP contribution >= 0.6 is 0 Å². The molecule has 0 aromatic heterocycles. The van der Waals surface area contributed by atoms with E-state index in [0.29, 0.717) is 24.0 Å². The van der Waals surface area contributed by atoms with Crippen LogP contribution in [0.5, 0.6) is 11.5 Å². The molecule has 2 bridgehead atoms. The number of hydrogen-bond donors (Lipinski definition) is 1. The molecule has 1 amide bonds. The van der Waals surface area contributed by atoms with E-state index in [4.69, 9.17) is 9.47 Å². The van der Waals surface area contributed by atoms with Crippen LogP contribution in [-0.4, -0.2) is 65.1 Å². The molecular weight excluding hydrogens is 480 g/mol. The molecule has 198 valence electrons. The number of piperidine rings is 1. The lowest BCUT2D eigenvalue weighted by Gasteiger charge is -2.60. The second-order valence-corrected chi connectivity index (χ2v) is 11.1. The van der Waals surface area contributed by atoms with E-state index in [2.05, 4.69) is 11.5 Å². The molecule has 7 heteroatoms. The predicted molar refractivity (Wildman–Crippen MR) is 144 cm³/mol. The molecule has 2 aliphatic heterocycles. The molecule has 38 heavy (non-hydrogen) atoms. The summed E-state index contributed by atoms with van der Waals surface area (Å²) < 4.78 is 11.9. The average molecular weight is 515 g/mol. The van der Waals surface area contributed by atoms with E-state index < -0.39 is 0 Å². The zero-order valence-electron chi connectivity index (χ0n) is 21.9. The van der Waals surface area contributed by atoms with Crippen molar-refractivity contribution in [1.82, 2.24) is 9.80 Å². The summed E-state index contributed by atoms with van der Waals surface area (Å²) in [6.45, 7) is 6.69. The molecule has 1 saturated carbocycles. The van der Waals surface area contributed by atoms with Gasteiger partial charge in [0.1, 0.15) is 11.9 Å². The number of carbonyl (C=O) groups excluding carboxylic acids is 2. The molecule has 0 unspecified atom stereocenters. The first kappa shape index (κ1) is 24.7. The molecule has 1 N–H and O–H groups in total. The Bertz CT molecular complexity index is 1320. The molecule has 7 nitrogen and oxygen atoms in total. The van der Waals surface area contributed by atoms with E-state index in [0.717, 1.165) is 43.4 Å². The normalized spacial score (nSPS) is 28.9. The Hall–Kier alpha value is -3.58. The topological polar surface area (TPSA) is 79.3 Å². The Morgan fingerprint density at radius 1 is 1.24 bits per heavy atom. The van der Waals surface area contributed by atoms with Gasteiger partial charge in [-0.25, -0.2) is 0 Å². The number of ether oxygens (including phenoxy) is 2. The minimum absolute atomic E-state index is 0.0554. The highest BCUT2D eigenvalue weighted by Gasteiger charge is 2.66. The monoisotopic (exact) mass is 514 g/mol. The second kappa shape index (κ2) is 9.31. The number of carbonyl (C=O) groups is 2. The molecule has 2 aliphatic carbocycles. The summed E-state index contributed by atoms with van der Waals surface area (Å²) in [4.78, 5) is 29.0. The molecule has 2 heterocycles. The predicted octanol–water partition coefficient (Wildman–Crippen LogP) is 4.05. The van der Waals surface area contributed by atoms with Crippen molar-refractivity contribution in [1.29, 1.82) is 0 Å². The van der Waals surface area contributed by atoms with E-state index >= 15 is 0 Å². The number of aromatic hydroxyl groups is 1. The molecule has 4 aliphatic rings. The van der Waals surface area contributed by atoms with Crippen LogP contribution in [0.2, 0.25) is 0 Å². The maximum atomic E-state index is 13.3. The molecule has 6 rings (SSSR count). The lowest BCUT2D eigenvalue weighted by molar-refractivity contribution is -0.139. The van der Waals surface area contributed by atoms with Gasteiger partial charge in [0, 0.05) is 37.1 Å². The molecule has 2 aromatic rings. The number of likely N-dealkylation sites (tertiary alicyclic amines) is 1. The van der Waals surface area contributed by atoms with Crippen LogP contribution in [0.3, 0.4) is 0 Å². The third-order valence-electron chi connectivity index (χ3n) is 9.13. The highest BCUT2D eigenvalue weighted by Crippen LogP contribution is 2.64. The van der Waals surface area contributed by atoms with Crippen LogP contribution < -0.4 is 4.74 Å². The van der Waals surface area contributed by atoms with Gasteiger partial charge in [0.2, 0.25) is 5.91 Å². The first-order valence-electron chi connectivity index (χ1n) is 13.4. The van der Waals surface area contributed by atoms with Crippen LogP contribution in [-0.2, 0) is 26.2 Å². The van der Waals surface area contributed by atoms with Gasteiger partial charge >= 0.3 is 5.97 Å². The Morgan fingerprint density at radius 3 is 2.79 bits per heavy atom. The molecule has 2 fully saturated rings. The maximum absolute atomic E-state index is 13.3. The van der Waals surface area contributed by atoms with E-state index in [1.807, 2.05) is 54.4 Å². The fourth-order valence-corrected chi connectivity index (χ4v) is 7.67. The highest BCUT2D eigenvalue weighted by molar-refractivity contribution is 5.92. The highest BCUT2D eigenvalue weighted by atomic mass is 16.5. The van der Waals surface area contributed by atoms with E-state index in [9.17, 15) is 14.7 Å². The number of phenols is 1. The summed E-state index contributed by atoms with van der Waals surface area (Å²) >= 11 is 0. The van der Waals surface area contributed by atoms with Crippen LogP contribution in [0, 0.1) is 5.92 Å². The van der Waals surface area contributed by atoms with Gasteiger partial charge in [-0.2, -0.15) is 0 Å². The summed E-state index contributed by atoms with van der Waals surface area (Å²) in [7, 11) is 1.87. The SMILES string of the molecule is C=C(CN1CC[C@]23c4c5ccc(O)c4O[C@H]2[C@@H](N(C)C(=O)C=Cc2ccccc2)CC[C@H]3[C@H]1C5)OC(C)=O. The number of nitrogens with zero attached hydrogens (tertiary/aromatic N) is 2. The molecule has 2 aromatic carbocycles. The van der Waals surface area contributed by atoms with Crippen molar-refractivity contribution in [2.45, 2.75) is 56.2 Å². The standard InChI is InChI=1S/C31H34N2O5/c1-19(37-20(2)34)18-33-16-15-31-23-11-12-24(32(3)27(36)14-9-21-7-5-4-6-8-21)30(31)38-29-26(35)13-10-22(28(29)31)17-25(23)33/h4-10,13-14,23-25,30,35H,1,11-12,15-18H2,2-3H3/t23-,24-,25+,30-,31-/m0/s1. The minimum atomic E-state index is -0.351. The fraction of sp³-hybridized carbons (Fsp3) is 0.419. The van der Waals surface area contributed by atoms with Crippen LogP contribution in [0.4, 0.5) is 0 Å². The molecular formula is C31H34N2O5. The first-order chi connectivity index (χ1) is 18.3. The Kier molecular flexibility index (Phi) is 6.06. The van der Waals surface area contributed by atoms with Crippen molar-refractivity contribution >= 4 is 18.0 Å². The van der Waals surface area contributed by atoms with Gasteiger partial charge in [0.15, 0.2) is 11.5 Å². The number of amides is 1. The number of esters is 1. The zero-order chi connectivity index (χ0) is 26.6. The van der Waals surface area contributed by atoms with Crippen molar-refractivity contribution in [3.05, 3.63) is 77.6 Å². The quantitative estimate of drug-likeness (QED) is 0.356. The third-order valence-corrected chi connectivity index (χ3v) is 9.13. The minimum Gasteiger partial charge on any atom is -0.504 e. The van der Waals surface area contributed by atoms with Crippen molar-refractivity contribution in [3.8, 4) is 11.5 Å². The first-order valence-corrected chi connectivity index (χ1v) is 13.4. The number of hydrogen-bond acceptors (Lipinski definition) is 6. The van der Waals surface area contributed by atoms with Crippen molar-refractivity contribution in [2.24, 2.45) is 5.92 Å². The van der Waals surface area contributed by atoms with Crippen molar-refractivity contribution in [3.63, 3.8) is 0 Å².